The Morgan fingerprint density at radius 3 is 3.06 bits per heavy atom. The van der Waals surface area contributed by atoms with Gasteiger partial charge >= 0.3 is 11.9 Å². The van der Waals surface area contributed by atoms with E-state index >= 15 is 0 Å². The zero-order valence-electron chi connectivity index (χ0n) is 9.91. The third kappa shape index (κ3) is 3.07. The lowest BCUT2D eigenvalue weighted by atomic mass is 10.3. The van der Waals surface area contributed by atoms with E-state index in [1.165, 1.54) is 11.8 Å². The lowest BCUT2D eigenvalue weighted by molar-refractivity contribution is 0.0475. The van der Waals surface area contributed by atoms with E-state index in [-0.39, 0.29) is 17.7 Å². The highest BCUT2D eigenvalue weighted by Gasteiger charge is 2.16. The number of carbonyl (C=O) groups excluding carboxylic acids is 1. The second kappa shape index (κ2) is 5.63. The van der Waals surface area contributed by atoms with Crippen LogP contribution >= 0.6 is 11.8 Å². The van der Waals surface area contributed by atoms with Crippen LogP contribution in [0, 0.1) is 6.92 Å². The van der Waals surface area contributed by atoms with Gasteiger partial charge in [0.15, 0.2) is 0 Å². The van der Waals surface area contributed by atoms with E-state index in [1.807, 2.05) is 19.1 Å². The maximum atomic E-state index is 11.3. The Bertz CT molecular complexity index is 556. The quantitative estimate of drug-likeness (QED) is 0.783. The van der Waals surface area contributed by atoms with E-state index in [4.69, 9.17) is 9.15 Å². The van der Waals surface area contributed by atoms with Crippen molar-refractivity contribution < 1.29 is 13.9 Å². The summed E-state index contributed by atoms with van der Waals surface area (Å²) in [6, 6.07) is 3.78. The van der Waals surface area contributed by atoms with E-state index in [9.17, 15) is 4.79 Å². The zero-order valence-corrected chi connectivity index (χ0v) is 10.7. The Morgan fingerprint density at radius 2 is 2.33 bits per heavy atom. The van der Waals surface area contributed by atoms with Gasteiger partial charge in [0.2, 0.25) is 0 Å². The number of aromatic nitrogens is 3. The number of hydrogen-bond acceptors (Lipinski definition) is 7. The third-order valence-electron chi connectivity index (χ3n) is 1.94. The first kappa shape index (κ1) is 12.6. The molecule has 0 bridgehead atoms. The molecule has 0 aliphatic heterocycles. The zero-order chi connectivity index (χ0) is 13.0. The number of pyridine rings is 1. The van der Waals surface area contributed by atoms with Crippen molar-refractivity contribution in [1.82, 2.24) is 15.2 Å². The highest BCUT2D eigenvalue weighted by molar-refractivity contribution is 7.99. The number of carbonyl (C=O) groups is 1. The maximum Gasteiger partial charge on any atom is 0.396 e. The minimum Gasteiger partial charge on any atom is -0.459 e. The normalized spacial score (nSPS) is 10.3. The molecule has 0 saturated carbocycles. The van der Waals surface area contributed by atoms with Gasteiger partial charge in [-0.05, 0) is 43.3 Å². The summed E-state index contributed by atoms with van der Waals surface area (Å²) >= 11 is 1.20. The maximum absolute atomic E-state index is 11.3. The Kier molecular flexibility index (Phi) is 3.93. The summed E-state index contributed by atoms with van der Waals surface area (Å²) in [4.78, 5) is 15.5. The van der Waals surface area contributed by atoms with Gasteiger partial charge in [-0.2, -0.15) is 0 Å². The summed E-state index contributed by atoms with van der Waals surface area (Å²) in [5.41, 5.74) is 1.08. The first-order chi connectivity index (χ1) is 8.69. The van der Waals surface area contributed by atoms with Crippen LogP contribution in [0.2, 0.25) is 0 Å². The van der Waals surface area contributed by atoms with Gasteiger partial charge in [0.1, 0.15) is 5.03 Å². The van der Waals surface area contributed by atoms with E-state index in [0.29, 0.717) is 0 Å². The van der Waals surface area contributed by atoms with Crippen molar-refractivity contribution in [2.24, 2.45) is 0 Å². The molecule has 2 heterocycles. The van der Waals surface area contributed by atoms with Crippen LogP contribution in [0.3, 0.4) is 0 Å². The highest BCUT2D eigenvalue weighted by atomic mass is 32.2. The molecule has 94 valence electrons. The molecule has 0 spiro atoms. The molecule has 0 aliphatic carbocycles. The van der Waals surface area contributed by atoms with Crippen molar-refractivity contribution in [2.45, 2.75) is 24.1 Å². The van der Waals surface area contributed by atoms with Crippen LogP contribution < -0.4 is 0 Å². The van der Waals surface area contributed by atoms with Gasteiger partial charge in [0, 0.05) is 6.20 Å². The monoisotopic (exact) mass is 265 g/mol. The summed E-state index contributed by atoms with van der Waals surface area (Å²) < 4.78 is 9.92. The fourth-order valence-corrected chi connectivity index (χ4v) is 1.92. The van der Waals surface area contributed by atoms with E-state index in [1.54, 1.807) is 13.1 Å². The predicted molar refractivity (Wildman–Crippen MR) is 63.4 cm³/mol. The van der Waals surface area contributed by atoms with E-state index in [0.717, 1.165) is 10.6 Å². The molecule has 2 aromatic rings. The minimum absolute atomic E-state index is 0.146. The first-order valence-corrected chi connectivity index (χ1v) is 6.12. The second-order valence-corrected chi connectivity index (χ2v) is 4.34. The molecule has 0 aliphatic rings. The Balaban J connectivity index is 2.09. The summed E-state index contributed by atoms with van der Waals surface area (Å²) in [6.07, 6.45) is 1.69. The van der Waals surface area contributed by atoms with E-state index in [2.05, 4.69) is 15.2 Å². The number of ether oxygens (including phenoxy) is 1. The lowest BCUT2D eigenvalue weighted by Gasteiger charge is -1.96. The molecule has 0 fully saturated rings. The van der Waals surface area contributed by atoms with Crippen LogP contribution in [-0.4, -0.2) is 27.8 Å². The Morgan fingerprint density at radius 1 is 1.50 bits per heavy atom. The van der Waals surface area contributed by atoms with Crippen molar-refractivity contribution in [3.8, 4) is 0 Å². The average Bonchev–Trinajstić information content (AvgIpc) is 2.78. The summed E-state index contributed by atoms with van der Waals surface area (Å²) in [5.74, 6) is -0.763. The molecule has 18 heavy (non-hydrogen) atoms. The predicted octanol–water partition coefficient (Wildman–Crippen LogP) is 2.10. The van der Waals surface area contributed by atoms with Crippen LogP contribution in [0.5, 0.6) is 0 Å². The van der Waals surface area contributed by atoms with Crippen LogP contribution in [0.25, 0.3) is 0 Å². The first-order valence-electron chi connectivity index (χ1n) is 5.30. The second-order valence-electron chi connectivity index (χ2n) is 3.37. The number of hydrogen-bond donors (Lipinski definition) is 0. The van der Waals surface area contributed by atoms with Gasteiger partial charge in [0.05, 0.1) is 6.61 Å². The minimum atomic E-state index is -0.617. The molecule has 0 saturated heterocycles. The standard InChI is InChI=1S/C11H11N3O3S/c1-3-16-10(15)9-13-14-11(17-9)18-8-6-7(2)4-5-12-8/h4-6H,3H2,1-2H3. The fourth-order valence-electron chi connectivity index (χ4n) is 1.18. The van der Waals surface area contributed by atoms with Gasteiger partial charge in [0.25, 0.3) is 5.22 Å². The smallest absolute Gasteiger partial charge is 0.396 e. The van der Waals surface area contributed by atoms with Crippen molar-refractivity contribution in [3.63, 3.8) is 0 Å². The third-order valence-corrected chi connectivity index (χ3v) is 2.71. The van der Waals surface area contributed by atoms with Gasteiger partial charge in [-0.15, -0.1) is 5.10 Å². The molecule has 6 nitrogen and oxygen atoms in total. The summed E-state index contributed by atoms with van der Waals surface area (Å²) in [7, 11) is 0. The molecule has 0 amide bonds. The molecule has 0 radical (unpaired) electrons. The molecular weight excluding hydrogens is 254 g/mol. The topological polar surface area (TPSA) is 78.1 Å². The highest BCUT2D eigenvalue weighted by Crippen LogP contribution is 2.24. The SMILES string of the molecule is CCOC(=O)c1nnc(Sc2cc(C)ccn2)o1. The molecule has 7 heteroatoms. The van der Waals surface area contributed by atoms with Crippen molar-refractivity contribution >= 4 is 17.7 Å². The van der Waals surface area contributed by atoms with Crippen molar-refractivity contribution in [1.29, 1.82) is 0 Å². The molecule has 2 rings (SSSR count). The van der Waals surface area contributed by atoms with Gasteiger partial charge in [-0.25, -0.2) is 9.78 Å². The van der Waals surface area contributed by atoms with Crippen molar-refractivity contribution in [2.75, 3.05) is 6.61 Å². The van der Waals surface area contributed by atoms with Crippen molar-refractivity contribution in [3.05, 3.63) is 29.8 Å². The van der Waals surface area contributed by atoms with Crippen LogP contribution in [-0.2, 0) is 4.74 Å². The van der Waals surface area contributed by atoms with Gasteiger partial charge in [-0.3, -0.25) is 0 Å². The Hall–Kier alpha value is -1.89. The van der Waals surface area contributed by atoms with Crippen LogP contribution in [0.1, 0.15) is 23.2 Å². The molecule has 0 N–H and O–H groups in total. The lowest BCUT2D eigenvalue weighted by Crippen LogP contribution is -2.04. The van der Waals surface area contributed by atoms with E-state index < -0.39 is 5.97 Å². The molecule has 2 aromatic heterocycles. The Labute approximate surface area is 108 Å². The molecule has 0 atom stereocenters. The number of esters is 1. The summed E-state index contributed by atoms with van der Waals surface area (Å²) in [6.45, 7) is 3.94. The number of nitrogens with zero attached hydrogens (tertiary/aromatic N) is 3. The van der Waals surface area contributed by atoms with Gasteiger partial charge in [-0.1, -0.05) is 5.10 Å². The largest absolute Gasteiger partial charge is 0.459 e. The van der Waals surface area contributed by atoms with Crippen LogP contribution in [0.4, 0.5) is 0 Å². The summed E-state index contributed by atoms with van der Waals surface area (Å²) in [5, 5.41) is 8.35. The van der Waals surface area contributed by atoms with Crippen LogP contribution in [0.15, 0.2) is 33.0 Å². The molecular formula is C11H11N3O3S. The fraction of sp³-hybridized carbons (Fsp3) is 0.273. The van der Waals surface area contributed by atoms with Gasteiger partial charge < -0.3 is 9.15 Å². The number of aryl methyl sites for hydroxylation is 1. The molecule has 0 unspecified atom stereocenters. The average molecular weight is 265 g/mol. The molecule has 0 aromatic carbocycles. The number of rotatable bonds is 4.